The Morgan fingerprint density at radius 2 is 1.11 bits per heavy atom. The fourth-order valence-corrected chi connectivity index (χ4v) is 2.12. The fourth-order valence-electron chi connectivity index (χ4n) is 2.12. The molecular weight excluding hydrogens is 270 g/mol. The molecular formula is C13H8F6. The Morgan fingerprint density at radius 1 is 0.632 bits per heavy atom. The summed E-state index contributed by atoms with van der Waals surface area (Å²) in [6.07, 6.45) is -0.193. The maximum absolute atomic E-state index is 13.7. The van der Waals surface area contributed by atoms with E-state index in [0.29, 0.717) is 0 Å². The number of fused-ring (bicyclic) bond motifs is 1. The minimum atomic E-state index is -2.04. The van der Waals surface area contributed by atoms with Gasteiger partial charge >= 0.3 is 0 Å². The lowest BCUT2D eigenvalue weighted by atomic mass is 9.96. The van der Waals surface area contributed by atoms with Crippen molar-refractivity contribution in [3.05, 3.63) is 46.0 Å². The van der Waals surface area contributed by atoms with Crippen molar-refractivity contribution in [3.8, 4) is 0 Å². The van der Waals surface area contributed by atoms with E-state index in [1.54, 1.807) is 0 Å². The predicted octanol–water partition coefficient (Wildman–Crippen LogP) is 4.55. The van der Waals surface area contributed by atoms with Crippen molar-refractivity contribution in [1.82, 2.24) is 0 Å². The van der Waals surface area contributed by atoms with E-state index < -0.39 is 56.8 Å². The molecule has 2 aromatic rings. The molecule has 19 heavy (non-hydrogen) atoms. The molecule has 0 N–H and O–H groups in total. The van der Waals surface area contributed by atoms with Gasteiger partial charge in [0.2, 0.25) is 0 Å². The zero-order chi connectivity index (χ0) is 14.5. The summed E-state index contributed by atoms with van der Waals surface area (Å²) in [6.45, 7) is 2.34. The van der Waals surface area contributed by atoms with Crippen LogP contribution in [-0.4, -0.2) is 0 Å². The molecule has 102 valence electrons. The Hall–Kier alpha value is -1.72. The quantitative estimate of drug-likeness (QED) is 0.408. The fraction of sp³-hybridized carbons (Fsp3) is 0.231. The van der Waals surface area contributed by atoms with Crippen LogP contribution in [0, 0.1) is 41.8 Å². The second-order valence-corrected chi connectivity index (χ2v) is 4.09. The van der Waals surface area contributed by atoms with Crippen molar-refractivity contribution in [2.24, 2.45) is 0 Å². The van der Waals surface area contributed by atoms with Gasteiger partial charge in [0.05, 0.1) is 0 Å². The van der Waals surface area contributed by atoms with E-state index >= 15 is 0 Å². The van der Waals surface area contributed by atoms with E-state index in [1.165, 1.54) is 6.92 Å². The van der Waals surface area contributed by atoms with Crippen LogP contribution in [0.1, 0.15) is 18.1 Å². The highest BCUT2D eigenvalue weighted by molar-refractivity contribution is 5.90. The third-order valence-electron chi connectivity index (χ3n) is 3.08. The van der Waals surface area contributed by atoms with Crippen molar-refractivity contribution < 1.29 is 26.3 Å². The highest BCUT2D eigenvalue weighted by Crippen LogP contribution is 2.35. The maximum atomic E-state index is 13.7. The van der Waals surface area contributed by atoms with Crippen LogP contribution in [0.25, 0.3) is 10.8 Å². The number of aryl methyl sites for hydroxylation is 2. The lowest BCUT2D eigenvalue weighted by Crippen LogP contribution is -2.06. The van der Waals surface area contributed by atoms with E-state index in [0.717, 1.165) is 6.92 Å². The molecule has 0 aliphatic carbocycles. The normalized spacial score (nSPS) is 11.4. The topological polar surface area (TPSA) is 0 Å². The van der Waals surface area contributed by atoms with E-state index in [1.807, 2.05) is 0 Å². The molecule has 0 amide bonds. The molecule has 0 atom stereocenters. The van der Waals surface area contributed by atoms with Crippen LogP contribution in [0.3, 0.4) is 0 Å². The van der Waals surface area contributed by atoms with Gasteiger partial charge in [-0.1, -0.05) is 6.92 Å². The minimum Gasteiger partial charge on any atom is -0.203 e. The van der Waals surface area contributed by atoms with Crippen LogP contribution in [0.15, 0.2) is 0 Å². The van der Waals surface area contributed by atoms with Crippen LogP contribution in [-0.2, 0) is 6.42 Å². The van der Waals surface area contributed by atoms with Crippen molar-refractivity contribution >= 4 is 10.8 Å². The first-order valence-corrected chi connectivity index (χ1v) is 5.44. The van der Waals surface area contributed by atoms with Gasteiger partial charge in [-0.15, -0.1) is 0 Å². The molecule has 0 saturated heterocycles. The molecule has 0 radical (unpaired) electrons. The molecule has 0 bridgehead atoms. The SMILES string of the molecule is CCc1c(F)c(F)c(C)c2c(F)c(F)c(F)c(F)c12. The van der Waals surface area contributed by atoms with Crippen molar-refractivity contribution in [2.45, 2.75) is 20.3 Å². The standard InChI is InChI=1S/C13H8F6/c1-3-5-7-6(4(2)8(14)9(5)15)10(16)12(18)13(19)11(7)17/h3H2,1-2H3. The lowest BCUT2D eigenvalue weighted by Gasteiger charge is -2.13. The Kier molecular flexibility index (Phi) is 3.20. The van der Waals surface area contributed by atoms with Gasteiger partial charge in [0, 0.05) is 16.3 Å². The number of rotatable bonds is 1. The van der Waals surface area contributed by atoms with Crippen molar-refractivity contribution in [3.63, 3.8) is 0 Å². The van der Waals surface area contributed by atoms with Crippen LogP contribution in [0.2, 0.25) is 0 Å². The van der Waals surface area contributed by atoms with Crippen molar-refractivity contribution in [1.29, 1.82) is 0 Å². The van der Waals surface area contributed by atoms with E-state index in [-0.39, 0.29) is 6.42 Å². The van der Waals surface area contributed by atoms with Crippen LogP contribution in [0.5, 0.6) is 0 Å². The van der Waals surface area contributed by atoms with E-state index in [2.05, 4.69) is 0 Å². The number of halogens is 6. The summed E-state index contributed by atoms with van der Waals surface area (Å²) in [5, 5.41) is -1.53. The molecule has 0 heterocycles. The first-order valence-electron chi connectivity index (χ1n) is 5.44. The molecule has 0 spiro atoms. The molecule has 0 aliphatic rings. The summed E-state index contributed by atoms with van der Waals surface area (Å²) in [5.41, 5.74) is -1.12. The third-order valence-corrected chi connectivity index (χ3v) is 3.08. The zero-order valence-corrected chi connectivity index (χ0v) is 9.97. The maximum Gasteiger partial charge on any atom is 0.198 e. The van der Waals surface area contributed by atoms with Gasteiger partial charge in [-0.05, 0) is 18.9 Å². The molecule has 2 rings (SSSR count). The van der Waals surface area contributed by atoms with Gasteiger partial charge in [-0.25, -0.2) is 26.3 Å². The summed E-state index contributed by atoms with van der Waals surface area (Å²) in [7, 11) is 0. The van der Waals surface area contributed by atoms with Gasteiger partial charge in [0.1, 0.15) is 0 Å². The first-order chi connectivity index (χ1) is 8.82. The average molecular weight is 278 g/mol. The molecule has 2 aromatic carbocycles. The largest absolute Gasteiger partial charge is 0.203 e. The molecule has 0 saturated carbocycles. The number of hydrogen-bond donors (Lipinski definition) is 0. The van der Waals surface area contributed by atoms with Crippen LogP contribution < -0.4 is 0 Å². The molecule has 6 heteroatoms. The molecule has 0 nitrogen and oxygen atoms in total. The Bertz CT molecular complexity index is 682. The summed E-state index contributed by atoms with van der Waals surface area (Å²) < 4.78 is 81.0. The summed E-state index contributed by atoms with van der Waals surface area (Å²) in [4.78, 5) is 0. The van der Waals surface area contributed by atoms with Gasteiger partial charge in [-0.2, -0.15) is 0 Å². The molecule has 0 unspecified atom stereocenters. The number of hydrogen-bond acceptors (Lipinski definition) is 0. The van der Waals surface area contributed by atoms with Gasteiger partial charge in [0.15, 0.2) is 34.9 Å². The summed E-state index contributed by atoms with van der Waals surface area (Å²) in [5.74, 6) is -10.3. The number of benzene rings is 2. The predicted molar refractivity (Wildman–Crippen MR) is 57.8 cm³/mol. The van der Waals surface area contributed by atoms with Gasteiger partial charge < -0.3 is 0 Å². The van der Waals surface area contributed by atoms with Crippen LogP contribution >= 0.6 is 0 Å². The molecule has 0 fully saturated rings. The zero-order valence-electron chi connectivity index (χ0n) is 9.97. The minimum absolute atomic E-state index is 0.193. The lowest BCUT2D eigenvalue weighted by molar-refractivity contribution is 0.416. The highest BCUT2D eigenvalue weighted by Gasteiger charge is 2.27. The molecule has 0 aliphatic heterocycles. The van der Waals surface area contributed by atoms with Crippen LogP contribution in [0.4, 0.5) is 26.3 Å². The monoisotopic (exact) mass is 278 g/mol. The second kappa shape index (κ2) is 4.43. The Labute approximate surface area is 104 Å². The van der Waals surface area contributed by atoms with E-state index in [4.69, 9.17) is 0 Å². The smallest absolute Gasteiger partial charge is 0.198 e. The Morgan fingerprint density at radius 3 is 1.58 bits per heavy atom. The highest BCUT2D eigenvalue weighted by atomic mass is 19.2. The average Bonchev–Trinajstić information content (AvgIpc) is 2.40. The first kappa shape index (κ1) is 13.7. The summed E-state index contributed by atoms with van der Waals surface area (Å²) >= 11 is 0. The Balaban J connectivity index is 3.21. The summed E-state index contributed by atoms with van der Waals surface area (Å²) in [6, 6.07) is 0. The molecule has 0 aromatic heterocycles. The second-order valence-electron chi connectivity index (χ2n) is 4.09. The van der Waals surface area contributed by atoms with Gasteiger partial charge in [-0.3, -0.25) is 0 Å². The third kappa shape index (κ3) is 1.69. The van der Waals surface area contributed by atoms with Crippen molar-refractivity contribution in [2.75, 3.05) is 0 Å². The van der Waals surface area contributed by atoms with Gasteiger partial charge in [0.25, 0.3) is 0 Å². The van der Waals surface area contributed by atoms with E-state index in [9.17, 15) is 26.3 Å².